The molecule has 0 heterocycles. The van der Waals surface area contributed by atoms with Crippen LogP contribution in [0.1, 0.15) is 30.9 Å². The highest BCUT2D eigenvalue weighted by atomic mass is 19.4. The Morgan fingerprint density at radius 1 is 1.33 bits per heavy atom. The second-order valence-corrected chi connectivity index (χ2v) is 3.86. The van der Waals surface area contributed by atoms with Gasteiger partial charge in [-0.15, -0.1) is 0 Å². The average Bonchev–Trinajstić information content (AvgIpc) is 2.27. The Morgan fingerprint density at radius 3 is 2.56 bits per heavy atom. The van der Waals surface area contributed by atoms with Gasteiger partial charge in [0.15, 0.2) is 0 Å². The minimum absolute atomic E-state index is 0.107. The van der Waals surface area contributed by atoms with Crippen molar-refractivity contribution in [2.24, 2.45) is 5.73 Å². The zero-order valence-electron chi connectivity index (χ0n) is 9.81. The third-order valence-electron chi connectivity index (χ3n) is 2.27. The molecule has 0 bridgehead atoms. The van der Waals surface area contributed by atoms with Gasteiger partial charge in [0, 0.05) is 5.56 Å². The maximum absolute atomic E-state index is 13.0. The van der Waals surface area contributed by atoms with E-state index in [0.717, 1.165) is 12.5 Å². The topological polar surface area (TPSA) is 26.0 Å². The van der Waals surface area contributed by atoms with Gasteiger partial charge in [0.25, 0.3) is 0 Å². The average molecular weight is 259 g/mol. The van der Waals surface area contributed by atoms with Crippen LogP contribution in [0.3, 0.4) is 0 Å². The van der Waals surface area contributed by atoms with Gasteiger partial charge in [0.1, 0.15) is 5.82 Å². The van der Waals surface area contributed by atoms with E-state index in [-0.39, 0.29) is 11.6 Å². The fourth-order valence-electron chi connectivity index (χ4n) is 1.38. The lowest BCUT2D eigenvalue weighted by Gasteiger charge is -2.07. The van der Waals surface area contributed by atoms with Crippen LogP contribution < -0.4 is 5.73 Å². The van der Waals surface area contributed by atoms with Crippen molar-refractivity contribution >= 4 is 0 Å². The zero-order valence-corrected chi connectivity index (χ0v) is 9.81. The van der Waals surface area contributed by atoms with Gasteiger partial charge in [-0.1, -0.05) is 25.2 Å². The molecule has 0 aliphatic carbocycles. The van der Waals surface area contributed by atoms with Crippen molar-refractivity contribution in [3.8, 4) is 11.8 Å². The molecule has 18 heavy (non-hydrogen) atoms. The van der Waals surface area contributed by atoms with Crippen molar-refractivity contribution in [1.29, 1.82) is 0 Å². The molecule has 1 rings (SSSR count). The fraction of sp³-hybridized carbons (Fsp3) is 0.385. The fourth-order valence-corrected chi connectivity index (χ4v) is 1.38. The van der Waals surface area contributed by atoms with Crippen LogP contribution in [0.4, 0.5) is 17.6 Å². The van der Waals surface area contributed by atoms with E-state index in [1.165, 1.54) is 6.07 Å². The van der Waals surface area contributed by atoms with Crippen molar-refractivity contribution < 1.29 is 17.6 Å². The molecular weight excluding hydrogens is 246 g/mol. The molecule has 98 valence electrons. The summed E-state index contributed by atoms with van der Waals surface area (Å²) < 4.78 is 50.3. The molecule has 0 aromatic heterocycles. The summed E-state index contributed by atoms with van der Waals surface area (Å²) >= 11 is 0. The molecule has 0 radical (unpaired) electrons. The van der Waals surface area contributed by atoms with Crippen molar-refractivity contribution in [2.75, 3.05) is 0 Å². The van der Waals surface area contributed by atoms with Gasteiger partial charge in [0.2, 0.25) is 0 Å². The van der Waals surface area contributed by atoms with Crippen molar-refractivity contribution in [3.63, 3.8) is 0 Å². The Balaban J connectivity index is 2.99. The first-order valence-electron chi connectivity index (χ1n) is 5.48. The lowest BCUT2D eigenvalue weighted by molar-refractivity contribution is -0.140. The van der Waals surface area contributed by atoms with Gasteiger partial charge in [-0.2, -0.15) is 13.2 Å². The molecule has 1 aromatic carbocycles. The molecule has 0 amide bonds. The van der Waals surface area contributed by atoms with Gasteiger partial charge in [-0.3, -0.25) is 0 Å². The number of hydrogen-bond donors (Lipinski definition) is 1. The number of halogens is 4. The van der Waals surface area contributed by atoms with Crippen molar-refractivity contribution in [1.82, 2.24) is 0 Å². The largest absolute Gasteiger partial charge is 0.419 e. The molecule has 1 unspecified atom stereocenters. The van der Waals surface area contributed by atoms with Gasteiger partial charge in [0.05, 0.1) is 11.6 Å². The minimum atomic E-state index is -4.71. The van der Waals surface area contributed by atoms with Crippen LogP contribution in [-0.4, -0.2) is 6.04 Å². The third kappa shape index (κ3) is 4.04. The van der Waals surface area contributed by atoms with E-state index in [0.29, 0.717) is 12.5 Å². The van der Waals surface area contributed by atoms with Crippen LogP contribution in [0.2, 0.25) is 0 Å². The Hall–Kier alpha value is -1.54. The molecule has 0 saturated carbocycles. The van der Waals surface area contributed by atoms with Crippen LogP contribution in [0, 0.1) is 17.7 Å². The lowest BCUT2D eigenvalue weighted by atomic mass is 10.1. The van der Waals surface area contributed by atoms with Crippen LogP contribution in [0.15, 0.2) is 18.2 Å². The van der Waals surface area contributed by atoms with Crippen LogP contribution in [-0.2, 0) is 6.18 Å². The number of alkyl halides is 3. The first-order valence-corrected chi connectivity index (χ1v) is 5.48. The Bertz CT molecular complexity index is 468. The second-order valence-electron chi connectivity index (χ2n) is 3.86. The third-order valence-corrected chi connectivity index (χ3v) is 2.27. The molecule has 1 nitrogen and oxygen atoms in total. The van der Waals surface area contributed by atoms with E-state index in [4.69, 9.17) is 5.73 Å². The highest BCUT2D eigenvalue weighted by molar-refractivity contribution is 5.39. The molecular formula is C13H13F4N. The number of hydrogen-bond acceptors (Lipinski definition) is 1. The van der Waals surface area contributed by atoms with Crippen molar-refractivity contribution in [2.45, 2.75) is 32.0 Å². The summed E-state index contributed by atoms with van der Waals surface area (Å²) in [5.74, 6) is 3.86. The first-order chi connectivity index (χ1) is 8.34. The van der Waals surface area contributed by atoms with Crippen LogP contribution in [0.25, 0.3) is 0 Å². The predicted molar refractivity (Wildman–Crippen MR) is 61.2 cm³/mol. The molecule has 0 aliphatic rings. The summed E-state index contributed by atoms with van der Waals surface area (Å²) in [5, 5.41) is 0. The highest BCUT2D eigenvalue weighted by Gasteiger charge is 2.34. The standard InChI is InChI=1S/C13H13F4N/c1-2-3-10(18)6-4-9-5-7-12(14)11(8-9)13(15,16)17/h5,7-8,10H,2-3,18H2,1H3. The van der Waals surface area contributed by atoms with E-state index in [1.807, 2.05) is 6.92 Å². The Kier molecular flexibility index (Phi) is 4.74. The van der Waals surface area contributed by atoms with E-state index < -0.39 is 17.6 Å². The lowest BCUT2D eigenvalue weighted by Crippen LogP contribution is -2.16. The number of nitrogens with two attached hydrogens (primary N) is 1. The molecule has 0 aliphatic heterocycles. The second kappa shape index (κ2) is 5.87. The van der Waals surface area contributed by atoms with Crippen molar-refractivity contribution in [3.05, 3.63) is 35.1 Å². The van der Waals surface area contributed by atoms with Gasteiger partial charge < -0.3 is 5.73 Å². The number of rotatable bonds is 2. The number of benzene rings is 1. The van der Waals surface area contributed by atoms with Crippen LogP contribution >= 0.6 is 0 Å². The molecule has 2 N–H and O–H groups in total. The highest BCUT2D eigenvalue weighted by Crippen LogP contribution is 2.31. The maximum atomic E-state index is 13.0. The van der Waals surface area contributed by atoms with Gasteiger partial charge >= 0.3 is 6.18 Å². The first kappa shape index (κ1) is 14.5. The summed E-state index contributed by atoms with van der Waals surface area (Å²) in [5.41, 5.74) is 4.42. The molecule has 0 spiro atoms. The molecule has 0 saturated heterocycles. The Labute approximate surface area is 103 Å². The Morgan fingerprint density at radius 2 is 2.00 bits per heavy atom. The molecule has 5 heteroatoms. The monoisotopic (exact) mass is 259 g/mol. The van der Waals surface area contributed by atoms with E-state index in [2.05, 4.69) is 11.8 Å². The van der Waals surface area contributed by atoms with Gasteiger partial charge in [-0.25, -0.2) is 4.39 Å². The van der Waals surface area contributed by atoms with Gasteiger partial charge in [-0.05, 0) is 24.6 Å². The predicted octanol–water partition coefficient (Wildman–Crippen LogP) is 3.32. The maximum Gasteiger partial charge on any atom is 0.419 e. The SMILES string of the molecule is CCCC(N)C#Cc1ccc(F)c(C(F)(F)F)c1. The van der Waals surface area contributed by atoms with E-state index in [1.54, 1.807) is 0 Å². The normalized spacial score (nSPS) is 12.8. The summed E-state index contributed by atoms with van der Waals surface area (Å²) in [6, 6.07) is 2.28. The molecule has 1 aromatic rings. The summed E-state index contributed by atoms with van der Waals surface area (Å²) in [6.07, 6.45) is -3.21. The van der Waals surface area contributed by atoms with E-state index >= 15 is 0 Å². The minimum Gasteiger partial charge on any atom is -0.318 e. The summed E-state index contributed by atoms with van der Waals surface area (Å²) in [7, 11) is 0. The molecule has 1 atom stereocenters. The zero-order chi connectivity index (χ0) is 13.8. The smallest absolute Gasteiger partial charge is 0.318 e. The summed E-state index contributed by atoms with van der Waals surface area (Å²) in [6.45, 7) is 1.93. The van der Waals surface area contributed by atoms with Crippen LogP contribution in [0.5, 0.6) is 0 Å². The van der Waals surface area contributed by atoms with E-state index in [9.17, 15) is 17.6 Å². The molecule has 0 fully saturated rings. The quantitative estimate of drug-likeness (QED) is 0.640. The summed E-state index contributed by atoms with van der Waals surface area (Å²) in [4.78, 5) is 0.